The zero-order chi connectivity index (χ0) is 12.6. The minimum absolute atomic E-state index is 0. The smallest absolute Gasteiger partial charge is 1.00 e. The molecular formula is C16H19Cl3Ti. The minimum atomic E-state index is 0. The molecule has 1 aliphatic carbocycles. The van der Waals surface area contributed by atoms with Crippen molar-refractivity contribution in [3.05, 3.63) is 56.5 Å². The number of aryl methyl sites for hydroxylation is 2. The van der Waals surface area contributed by atoms with E-state index in [1.165, 1.54) is 20.6 Å². The van der Waals surface area contributed by atoms with Crippen LogP contribution in [0.4, 0.5) is 0 Å². The van der Waals surface area contributed by atoms with Crippen LogP contribution in [-0.4, -0.2) is 0 Å². The summed E-state index contributed by atoms with van der Waals surface area (Å²) in [6.45, 7) is 9.04. The van der Waals surface area contributed by atoms with Crippen molar-refractivity contribution in [1.82, 2.24) is 0 Å². The zero-order valence-corrected chi connectivity index (χ0v) is 16.1. The maximum atomic E-state index is 2.34. The molecule has 0 spiro atoms. The van der Waals surface area contributed by atoms with E-state index < -0.39 is 0 Å². The van der Waals surface area contributed by atoms with Crippen LogP contribution in [0.2, 0.25) is 0 Å². The third-order valence-electron chi connectivity index (χ3n) is 3.91. The van der Waals surface area contributed by atoms with Crippen molar-refractivity contribution in [2.75, 3.05) is 0 Å². The molecule has 0 saturated carbocycles. The number of hydrogen-bond acceptors (Lipinski definition) is 0. The summed E-state index contributed by atoms with van der Waals surface area (Å²) in [5, 5.41) is 0. The first kappa shape index (κ1) is 22.6. The zero-order valence-electron chi connectivity index (χ0n) is 12.2. The Kier molecular flexibility index (Phi) is 9.77. The van der Waals surface area contributed by atoms with E-state index in [-0.39, 0.29) is 42.6 Å². The van der Waals surface area contributed by atoms with Crippen LogP contribution in [0.3, 0.4) is 0 Å². The molecule has 0 fully saturated rings. The Morgan fingerprint density at radius 1 is 1.00 bits per heavy atom. The molecule has 0 N–H and O–H groups in total. The monoisotopic (exact) mass is 364 g/mol. The van der Waals surface area contributed by atoms with Crippen molar-refractivity contribution >= 4 is 0 Å². The van der Waals surface area contributed by atoms with Gasteiger partial charge in [-0.1, -0.05) is 0 Å². The Labute approximate surface area is 153 Å². The van der Waals surface area contributed by atoms with Crippen LogP contribution in [0, 0.1) is 13.8 Å². The Bertz CT molecular complexity index is 516. The van der Waals surface area contributed by atoms with Crippen molar-refractivity contribution in [2.24, 2.45) is 0 Å². The van der Waals surface area contributed by atoms with Gasteiger partial charge in [0.1, 0.15) is 0 Å². The normalized spacial score (nSPS) is 13.5. The Hall–Kier alpha value is 0.284. The molecule has 0 saturated heterocycles. The van der Waals surface area contributed by atoms with Crippen LogP contribution in [0.15, 0.2) is 39.8 Å². The molecule has 0 radical (unpaired) electrons. The van der Waals surface area contributed by atoms with E-state index in [2.05, 4.69) is 78.5 Å². The van der Waals surface area contributed by atoms with Gasteiger partial charge in [0, 0.05) is 0 Å². The molecule has 108 valence electrons. The number of rotatable bonds is 2. The fourth-order valence-corrected chi connectivity index (χ4v) is 3.23. The number of hydrogen-bond donors (Lipinski definition) is 0. The Balaban J connectivity index is 0. The molecule has 1 aromatic rings. The first-order chi connectivity index (χ1) is 7.93. The fraction of sp³-hybridized carbons (Fsp3) is 0.375. The first-order valence-corrected chi connectivity index (χ1v) is 6.90. The molecule has 0 nitrogen and oxygen atoms in total. The van der Waals surface area contributed by atoms with E-state index in [4.69, 9.17) is 0 Å². The SMILES string of the molecule is Cc1ccc(C(C)(C)C2=[C]([Ti+3])C=CC2)cc1C.[Cl-].[Cl-].[Cl-]. The van der Waals surface area contributed by atoms with Crippen molar-refractivity contribution in [3.8, 4) is 0 Å². The second-order valence-corrected chi connectivity index (χ2v) is 6.26. The number of benzene rings is 1. The van der Waals surface area contributed by atoms with Crippen molar-refractivity contribution in [2.45, 2.75) is 39.5 Å². The minimum Gasteiger partial charge on any atom is -1.00 e. The molecule has 1 aliphatic rings. The first-order valence-electron chi connectivity index (χ1n) is 6.12. The quantitative estimate of drug-likeness (QED) is 0.463. The molecule has 0 atom stereocenters. The maximum absolute atomic E-state index is 2.34. The summed E-state index contributed by atoms with van der Waals surface area (Å²) in [5.41, 5.74) is 5.89. The second-order valence-electron chi connectivity index (χ2n) is 5.42. The molecule has 0 amide bonds. The molecule has 20 heavy (non-hydrogen) atoms. The summed E-state index contributed by atoms with van der Waals surface area (Å²) in [6, 6.07) is 6.86. The summed E-state index contributed by atoms with van der Waals surface area (Å²) in [4.78, 5) is 0. The summed E-state index contributed by atoms with van der Waals surface area (Å²) in [6.07, 6.45) is 5.62. The van der Waals surface area contributed by atoms with Crippen LogP contribution >= 0.6 is 0 Å². The number of allylic oxidation sites excluding steroid dienone is 4. The van der Waals surface area contributed by atoms with Crippen molar-refractivity contribution in [3.63, 3.8) is 0 Å². The van der Waals surface area contributed by atoms with Gasteiger partial charge in [-0.25, -0.2) is 0 Å². The molecule has 0 aliphatic heterocycles. The van der Waals surface area contributed by atoms with E-state index in [0.717, 1.165) is 6.42 Å². The average Bonchev–Trinajstić information content (AvgIpc) is 2.69. The van der Waals surface area contributed by atoms with Gasteiger partial charge >= 0.3 is 116 Å². The standard InChI is InChI=1S/C16H19.3ClH.Ti/c1-12-9-10-15(11-13(12)2)16(3,4)14-7-5-6-8-14;;;;/h5-6,9-11H,7H2,1-4H3;3*1H;/q;;;;+3/p-3. The predicted molar refractivity (Wildman–Crippen MR) is 69.7 cm³/mol. The van der Waals surface area contributed by atoms with Crippen LogP contribution in [0.1, 0.15) is 37.0 Å². The largest absolute Gasteiger partial charge is 1.00 e. The van der Waals surface area contributed by atoms with Gasteiger partial charge in [-0.15, -0.1) is 0 Å². The van der Waals surface area contributed by atoms with Gasteiger partial charge in [0.25, 0.3) is 0 Å². The van der Waals surface area contributed by atoms with E-state index in [0.29, 0.717) is 0 Å². The van der Waals surface area contributed by atoms with Crippen LogP contribution in [-0.2, 0) is 25.9 Å². The van der Waals surface area contributed by atoms with Crippen LogP contribution in [0.5, 0.6) is 0 Å². The third-order valence-corrected chi connectivity index (χ3v) is 4.65. The van der Waals surface area contributed by atoms with Gasteiger partial charge in [-0.3, -0.25) is 0 Å². The Morgan fingerprint density at radius 2 is 1.60 bits per heavy atom. The van der Waals surface area contributed by atoms with Crippen molar-refractivity contribution in [1.29, 1.82) is 0 Å². The maximum Gasteiger partial charge on any atom is -1.00 e. The summed E-state index contributed by atoms with van der Waals surface area (Å²) in [7, 11) is 0. The van der Waals surface area contributed by atoms with E-state index >= 15 is 0 Å². The summed E-state index contributed by atoms with van der Waals surface area (Å²) in [5.74, 6) is 0. The molecule has 2 rings (SSSR count). The van der Waals surface area contributed by atoms with E-state index in [9.17, 15) is 0 Å². The van der Waals surface area contributed by atoms with E-state index in [1.807, 2.05) is 0 Å². The molecule has 0 unspecified atom stereocenters. The van der Waals surface area contributed by atoms with Gasteiger partial charge < -0.3 is 37.2 Å². The molecule has 1 aromatic carbocycles. The van der Waals surface area contributed by atoms with Crippen molar-refractivity contribution < 1.29 is 57.7 Å². The average molecular weight is 366 g/mol. The van der Waals surface area contributed by atoms with Gasteiger partial charge in [-0.2, -0.15) is 0 Å². The second kappa shape index (κ2) is 8.66. The topological polar surface area (TPSA) is 0 Å². The molecule has 0 aromatic heterocycles. The van der Waals surface area contributed by atoms with Crippen LogP contribution in [0.25, 0.3) is 0 Å². The Morgan fingerprint density at radius 3 is 2.05 bits per heavy atom. The van der Waals surface area contributed by atoms with Gasteiger partial charge in [-0.05, 0) is 0 Å². The summed E-state index contributed by atoms with van der Waals surface area (Å²) >= 11 is 2.22. The molecule has 0 heterocycles. The van der Waals surface area contributed by atoms with E-state index in [1.54, 1.807) is 5.57 Å². The van der Waals surface area contributed by atoms with Gasteiger partial charge in [0.15, 0.2) is 0 Å². The van der Waals surface area contributed by atoms with Gasteiger partial charge in [0.2, 0.25) is 0 Å². The molecule has 4 heteroatoms. The molecule has 0 bridgehead atoms. The fourth-order valence-electron chi connectivity index (χ4n) is 2.40. The summed E-state index contributed by atoms with van der Waals surface area (Å²) < 4.78 is 1.44. The third kappa shape index (κ3) is 4.39. The van der Waals surface area contributed by atoms with Gasteiger partial charge in [0.05, 0.1) is 0 Å². The van der Waals surface area contributed by atoms with Crippen LogP contribution < -0.4 is 37.2 Å². The number of halogens is 3. The predicted octanol–water partition coefficient (Wildman–Crippen LogP) is -4.65. The molecular weight excluding hydrogens is 346 g/mol.